The van der Waals surface area contributed by atoms with Crippen LogP contribution in [-0.4, -0.2) is 84.2 Å². The van der Waals surface area contributed by atoms with E-state index < -0.39 is 0 Å². The predicted molar refractivity (Wildman–Crippen MR) is 88.4 cm³/mol. The molecule has 2 rings (SSSR count). The van der Waals surface area contributed by atoms with Crippen molar-refractivity contribution in [2.24, 2.45) is 5.92 Å². The van der Waals surface area contributed by atoms with Gasteiger partial charge in [0.15, 0.2) is 0 Å². The fourth-order valence-electron chi connectivity index (χ4n) is 3.08. The number of hydrogen-bond donors (Lipinski definition) is 3. The maximum Gasteiger partial charge on any atom is 0.290 e. The lowest BCUT2D eigenvalue weighted by molar-refractivity contribution is -0.128. The van der Waals surface area contributed by atoms with Crippen LogP contribution >= 0.6 is 0 Å². The van der Waals surface area contributed by atoms with Gasteiger partial charge < -0.3 is 25.3 Å². The van der Waals surface area contributed by atoms with Crippen LogP contribution in [0.3, 0.4) is 0 Å². The van der Waals surface area contributed by atoms with Crippen molar-refractivity contribution in [1.29, 1.82) is 0 Å². The minimum atomic E-state index is -0.250. The first-order valence-corrected chi connectivity index (χ1v) is 8.56. The summed E-state index contributed by atoms with van der Waals surface area (Å²) in [6, 6.07) is 0. The molecule has 2 aliphatic heterocycles. The van der Waals surface area contributed by atoms with Gasteiger partial charge in [-0.2, -0.15) is 0 Å². The second-order valence-corrected chi connectivity index (χ2v) is 6.15. The number of carboxylic acid groups (broad SMARTS) is 1. The van der Waals surface area contributed by atoms with E-state index in [1.54, 1.807) is 4.90 Å². The molecule has 24 heavy (non-hydrogen) atoms. The lowest BCUT2D eigenvalue weighted by atomic mass is 9.97. The van der Waals surface area contributed by atoms with Crippen molar-refractivity contribution in [2.45, 2.75) is 32.1 Å². The molecule has 0 aromatic rings. The largest absolute Gasteiger partial charge is 0.483 e. The van der Waals surface area contributed by atoms with E-state index in [1.807, 2.05) is 0 Å². The number of rotatable bonds is 7. The van der Waals surface area contributed by atoms with E-state index in [9.17, 15) is 9.59 Å². The number of carbonyl (C=O) groups excluding carboxylic acids is 2. The van der Waals surface area contributed by atoms with Crippen molar-refractivity contribution in [3.05, 3.63) is 0 Å². The molecular formula is C16H29N3O5. The van der Waals surface area contributed by atoms with Crippen molar-refractivity contribution in [2.75, 3.05) is 45.9 Å². The third-order valence-corrected chi connectivity index (χ3v) is 4.49. The molecular weight excluding hydrogens is 314 g/mol. The molecule has 2 saturated heterocycles. The smallest absolute Gasteiger partial charge is 0.290 e. The predicted octanol–water partition coefficient (Wildman–Crippen LogP) is -0.480. The van der Waals surface area contributed by atoms with Gasteiger partial charge in [0.2, 0.25) is 11.8 Å². The molecule has 0 radical (unpaired) electrons. The molecule has 0 spiro atoms. The lowest BCUT2D eigenvalue weighted by Crippen LogP contribution is -2.40. The fraction of sp³-hybridized carbons (Fsp3) is 0.812. The number of aliphatic hydroxyl groups is 1. The minimum Gasteiger partial charge on any atom is -0.483 e. The first kappa shape index (κ1) is 20.4. The summed E-state index contributed by atoms with van der Waals surface area (Å²) in [7, 11) is 0. The molecule has 8 heteroatoms. The zero-order valence-electron chi connectivity index (χ0n) is 14.2. The second-order valence-electron chi connectivity index (χ2n) is 6.15. The third kappa shape index (κ3) is 7.74. The number of likely N-dealkylation sites (tertiary alicyclic amines) is 2. The Morgan fingerprint density at radius 3 is 2.46 bits per heavy atom. The summed E-state index contributed by atoms with van der Waals surface area (Å²) >= 11 is 0. The molecule has 0 aliphatic carbocycles. The summed E-state index contributed by atoms with van der Waals surface area (Å²) < 4.78 is 0. The van der Waals surface area contributed by atoms with E-state index in [0.29, 0.717) is 25.3 Å². The number of amides is 2. The van der Waals surface area contributed by atoms with Crippen LogP contribution in [0.4, 0.5) is 0 Å². The maximum atomic E-state index is 11.8. The van der Waals surface area contributed by atoms with E-state index in [-0.39, 0.29) is 24.9 Å². The van der Waals surface area contributed by atoms with Gasteiger partial charge in [0.25, 0.3) is 6.47 Å². The summed E-state index contributed by atoms with van der Waals surface area (Å²) in [6.45, 7) is 4.82. The van der Waals surface area contributed by atoms with E-state index >= 15 is 0 Å². The van der Waals surface area contributed by atoms with E-state index in [0.717, 1.165) is 52.0 Å². The van der Waals surface area contributed by atoms with Crippen molar-refractivity contribution < 1.29 is 24.6 Å². The highest BCUT2D eigenvalue weighted by Crippen LogP contribution is 2.16. The Hall–Kier alpha value is -1.67. The van der Waals surface area contributed by atoms with E-state index in [1.165, 1.54) is 0 Å². The van der Waals surface area contributed by atoms with Gasteiger partial charge in [-0.25, -0.2) is 0 Å². The highest BCUT2D eigenvalue weighted by atomic mass is 16.3. The Balaban J connectivity index is 0.000000891. The van der Waals surface area contributed by atoms with Crippen LogP contribution in [0, 0.1) is 5.92 Å². The molecule has 2 amide bonds. The molecule has 0 atom stereocenters. The number of β-amino-alcohol motifs (C(OH)–C–C–N with tert-alkyl or cyclic N) is 1. The minimum absolute atomic E-state index is 0.0486. The number of aliphatic hydroxyl groups excluding tert-OH is 1. The quantitative estimate of drug-likeness (QED) is 0.539. The summed E-state index contributed by atoms with van der Waals surface area (Å²) in [6.07, 6.45) is 4.12. The standard InChI is InChI=1S/C15H27N3O3.CH2O2/c19-11-10-17-7-3-13(4-8-17)12-16-14(20)5-9-18-6-1-2-15(18)21;2-1-3/h13,19H,1-12H2,(H,16,20);1H,(H,2,3). The topological polar surface area (TPSA) is 110 Å². The van der Waals surface area contributed by atoms with Crippen LogP contribution in [0.15, 0.2) is 0 Å². The van der Waals surface area contributed by atoms with Gasteiger partial charge in [-0.05, 0) is 38.3 Å². The summed E-state index contributed by atoms with van der Waals surface area (Å²) in [5.74, 6) is 0.767. The van der Waals surface area contributed by atoms with Crippen LogP contribution in [0.5, 0.6) is 0 Å². The Labute approximate surface area is 142 Å². The van der Waals surface area contributed by atoms with Crippen LogP contribution in [0.1, 0.15) is 32.1 Å². The van der Waals surface area contributed by atoms with E-state index in [2.05, 4.69) is 10.2 Å². The molecule has 0 aromatic carbocycles. The van der Waals surface area contributed by atoms with Gasteiger partial charge in [0, 0.05) is 39.0 Å². The number of carbonyl (C=O) groups is 3. The van der Waals surface area contributed by atoms with Crippen LogP contribution in [0.2, 0.25) is 0 Å². The Bertz CT molecular complexity index is 397. The number of nitrogens with zero attached hydrogens (tertiary/aromatic N) is 2. The van der Waals surface area contributed by atoms with Crippen LogP contribution in [-0.2, 0) is 14.4 Å². The molecule has 0 unspecified atom stereocenters. The zero-order valence-corrected chi connectivity index (χ0v) is 14.2. The number of piperidine rings is 1. The monoisotopic (exact) mass is 343 g/mol. The van der Waals surface area contributed by atoms with Gasteiger partial charge in [-0.3, -0.25) is 14.4 Å². The molecule has 2 heterocycles. The lowest BCUT2D eigenvalue weighted by Gasteiger charge is -2.31. The second kappa shape index (κ2) is 11.8. The van der Waals surface area contributed by atoms with Gasteiger partial charge in [-0.15, -0.1) is 0 Å². The highest BCUT2D eigenvalue weighted by Gasteiger charge is 2.21. The number of nitrogens with one attached hydrogen (secondary N) is 1. The number of hydrogen-bond acceptors (Lipinski definition) is 5. The summed E-state index contributed by atoms with van der Waals surface area (Å²) in [4.78, 5) is 35.7. The van der Waals surface area contributed by atoms with Crippen molar-refractivity contribution in [1.82, 2.24) is 15.1 Å². The maximum absolute atomic E-state index is 11.8. The van der Waals surface area contributed by atoms with E-state index in [4.69, 9.17) is 15.0 Å². The highest BCUT2D eigenvalue weighted by molar-refractivity contribution is 5.80. The average Bonchev–Trinajstić information content (AvgIpc) is 2.98. The molecule has 8 nitrogen and oxygen atoms in total. The van der Waals surface area contributed by atoms with Crippen molar-refractivity contribution in [3.63, 3.8) is 0 Å². The van der Waals surface area contributed by atoms with Gasteiger partial charge >= 0.3 is 0 Å². The Kier molecular flexibility index (Phi) is 10.0. The van der Waals surface area contributed by atoms with Crippen molar-refractivity contribution >= 4 is 18.3 Å². The molecule has 2 fully saturated rings. The zero-order chi connectivity index (χ0) is 17.8. The average molecular weight is 343 g/mol. The van der Waals surface area contributed by atoms with Crippen LogP contribution < -0.4 is 5.32 Å². The van der Waals surface area contributed by atoms with Crippen LogP contribution in [0.25, 0.3) is 0 Å². The molecule has 138 valence electrons. The first-order chi connectivity index (χ1) is 11.6. The molecule has 3 N–H and O–H groups in total. The van der Waals surface area contributed by atoms with Gasteiger partial charge in [0.1, 0.15) is 0 Å². The van der Waals surface area contributed by atoms with Gasteiger partial charge in [-0.1, -0.05) is 0 Å². The molecule has 0 aromatic heterocycles. The molecule has 0 saturated carbocycles. The normalized spacial score (nSPS) is 18.9. The van der Waals surface area contributed by atoms with Crippen molar-refractivity contribution in [3.8, 4) is 0 Å². The van der Waals surface area contributed by atoms with Gasteiger partial charge in [0.05, 0.1) is 6.61 Å². The Morgan fingerprint density at radius 2 is 1.92 bits per heavy atom. The third-order valence-electron chi connectivity index (χ3n) is 4.49. The first-order valence-electron chi connectivity index (χ1n) is 8.56. The Morgan fingerprint density at radius 1 is 1.25 bits per heavy atom. The SMILES string of the molecule is O=C(CCN1CCCC1=O)NCC1CCN(CCO)CC1.O=CO. The fourth-order valence-corrected chi connectivity index (χ4v) is 3.08. The molecule has 0 bridgehead atoms. The molecule has 2 aliphatic rings. The summed E-state index contributed by atoms with van der Waals surface area (Å²) in [5, 5.41) is 18.8. The summed E-state index contributed by atoms with van der Waals surface area (Å²) in [5.41, 5.74) is 0.